The molecule has 4 amide bonds. The van der Waals surface area contributed by atoms with Crippen molar-refractivity contribution in [2.45, 2.75) is 57.4 Å². The lowest BCUT2D eigenvalue weighted by atomic mass is 9.94. The average Bonchev–Trinajstić information content (AvgIpc) is 2.70. The largest absolute Gasteiger partial charge is 0.490 e. The molecule has 1 aromatic rings. The molecular formula is C21H30N4O5. The number of hydrogen-bond donors (Lipinski definition) is 3. The Morgan fingerprint density at radius 2 is 2.03 bits per heavy atom. The van der Waals surface area contributed by atoms with E-state index in [0.717, 1.165) is 6.42 Å². The summed E-state index contributed by atoms with van der Waals surface area (Å²) in [5.41, 5.74) is 0.908. The number of hydrogen-bond acceptors (Lipinski definition) is 5. The first-order valence-electron chi connectivity index (χ1n) is 10.3. The zero-order chi connectivity index (χ0) is 21.8. The van der Waals surface area contributed by atoms with E-state index in [1.165, 1.54) is 0 Å². The lowest BCUT2D eigenvalue weighted by Gasteiger charge is -2.42. The summed E-state index contributed by atoms with van der Waals surface area (Å²) < 4.78 is 12.0. The summed E-state index contributed by atoms with van der Waals surface area (Å²) in [6, 6.07) is 4.53. The van der Waals surface area contributed by atoms with Crippen LogP contribution in [0.25, 0.3) is 0 Å². The van der Waals surface area contributed by atoms with E-state index in [1.54, 1.807) is 37.2 Å². The first kappa shape index (κ1) is 21.9. The number of ether oxygens (including phenoxy) is 2. The number of carbonyl (C=O) groups is 3. The zero-order valence-corrected chi connectivity index (χ0v) is 17.9. The van der Waals surface area contributed by atoms with Crippen LogP contribution in [0.15, 0.2) is 18.2 Å². The molecule has 164 valence electrons. The molecule has 0 aromatic heterocycles. The van der Waals surface area contributed by atoms with Crippen LogP contribution >= 0.6 is 0 Å². The molecule has 0 bridgehead atoms. The van der Waals surface area contributed by atoms with Gasteiger partial charge in [0.25, 0.3) is 5.91 Å². The van der Waals surface area contributed by atoms with E-state index in [-0.39, 0.29) is 48.7 Å². The highest BCUT2D eigenvalue weighted by molar-refractivity contribution is 5.99. The number of nitrogens with one attached hydrogen (secondary N) is 3. The highest BCUT2D eigenvalue weighted by atomic mass is 16.5. The summed E-state index contributed by atoms with van der Waals surface area (Å²) in [7, 11) is 3.36. The van der Waals surface area contributed by atoms with Crippen molar-refractivity contribution >= 4 is 23.5 Å². The van der Waals surface area contributed by atoms with Crippen molar-refractivity contribution in [1.82, 2.24) is 15.5 Å². The minimum Gasteiger partial charge on any atom is -0.490 e. The van der Waals surface area contributed by atoms with E-state index in [9.17, 15) is 14.4 Å². The van der Waals surface area contributed by atoms with Gasteiger partial charge in [-0.15, -0.1) is 0 Å². The molecule has 0 radical (unpaired) electrons. The lowest BCUT2D eigenvalue weighted by molar-refractivity contribution is -0.133. The highest BCUT2D eigenvalue weighted by Gasteiger charge is 2.39. The molecule has 0 spiro atoms. The smallest absolute Gasteiger partial charge is 0.319 e. The standard InChI is InChI=1S/C21H30N4O5/c1-12(2)23-21(28)24-13-5-8-17-15(9-13)20(27)25(4)16-7-6-14(10-19(26)22-3)30-18(16)11-29-17/h5,8-9,12,14,16,18H,6-7,10-11H2,1-4H3,(H,22,26)(H2,23,24,28)/t14-,16-,18+/m1/s1. The van der Waals surface area contributed by atoms with E-state index in [1.807, 2.05) is 13.8 Å². The van der Waals surface area contributed by atoms with Crippen LogP contribution in [0, 0.1) is 0 Å². The second-order valence-corrected chi connectivity index (χ2v) is 8.01. The fourth-order valence-corrected chi connectivity index (χ4v) is 3.84. The minimum absolute atomic E-state index is 0.000834. The zero-order valence-electron chi connectivity index (χ0n) is 17.9. The van der Waals surface area contributed by atoms with Gasteiger partial charge in [-0.3, -0.25) is 9.59 Å². The fraction of sp³-hybridized carbons (Fsp3) is 0.571. The Hall–Kier alpha value is -2.81. The predicted molar refractivity (Wildman–Crippen MR) is 112 cm³/mol. The van der Waals surface area contributed by atoms with Gasteiger partial charge in [-0.25, -0.2) is 4.79 Å². The van der Waals surface area contributed by atoms with Crippen LogP contribution in [0.4, 0.5) is 10.5 Å². The van der Waals surface area contributed by atoms with E-state index in [0.29, 0.717) is 29.8 Å². The number of benzene rings is 1. The average molecular weight is 418 g/mol. The summed E-state index contributed by atoms with van der Waals surface area (Å²) in [5, 5.41) is 8.11. The molecule has 1 saturated heterocycles. The van der Waals surface area contributed by atoms with Crippen molar-refractivity contribution in [1.29, 1.82) is 0 Å². The normalized spacial score (nSPS) is 23.4. The second-order valence-electron chi connectivity index (χ2n) is 8.01. The number of carbonyl (C=O) groups excluding carboxylic acids is 3. The number of fused-ring (bicyclic) bond motifs is 2. The molecule has 3 rings (SSSR count). The first-order valence-corrected chi connectivity index (χ1v) is 10.3. The van der Waals surface area contributed by atoms with Crippen LogP contribution in [-0.2, 0) is 9.53 Å². The summed E-state index contributed by atoms with van der Waals surface area (Å²) >= 11 is 0. The molecular weight excluding hydrogens is 388 g/mol. The quantitative estimate of drug-likeness (QED) is 0.690. The Morgan fingerprint density at radius 1 is 1.27 bits per heavy atom. The van der Waals surface area contributed by atoms with Gasteiger partial charge in [0, 0.05) is 25.8 Å². The number of nitrogens with zero attached hydrogens (tertiary/aromatic N) is 1. The van der Waals surface area contributed by atoms with Gasteiger partial charge in [-0.2, -0.15) is 0 Å². The number of rotatable bonds is 4. The monoisotopic (exact) mass is 418 g/mol. The predicted octanol–water partition coefficient (Wildman–Crippen LogP) is 1.73. The highest BCUT2D eigenvalue weighted by Crippen LogP contribution is 2.32. The maximum Gasteiger partial charge on any atom is 0.319 e. The first-order chi connectivity index (χ1) is 14.3. The van der Waals surface area contributed by atoms with Crippen LogP contribution in [0.5, 0.6) is 5.75 Å². The number of anilines is 1. The molecule has 30 heavy (non-hydrogen) atoms. The van der Waals surface area contributed by atoms with Crippen LogP contribution in [-0.4, -0.2) is 67.7 Å². The molecule has 2 aliphatic rings. The van der Waals surface area contributed by atoms with Crippen molar-refractivity contribution in [2.24, 2.45) is 0 Å². The van der Waals surface area contributed by atoms with Crippen molar-refractivity contribution in [3.8, 4) is 5.75 Å². The summed E-state index contributed by atoms with van der Waals surface area (Å²) in [6.45, 7) is 4.02. The maximum absolute atomic E-state index is 13.2. The minimum atomic E-state index is -0.333. The summed E-state index contributed by atoms with van der Waals surface area (Å²) in [6.07, 6.45) is 1.20. The Kier molecular flexibility index (Phi) is 6.81. The summed E-state index contributed by atoms with van der Waals surface area (Å²) in [5.74, 6) is 0.180. The van der Waals surface area contributed by atoms with E-state index in [4.69, 9.17) is 9.47 Å². The van der Waals surface area contributed by atoms with Crippen molar-refractivity contribution in [3.63, 3.8) is 0 Å². The molecule has 9 nitrogen and oxygen atoms in total. The van der Waals surface area contributed by atoms with Gasteiger partial charge in [-0.1, -0.05) is 0 Å². The van der Waals surface area contributed by atoms with Gasteiger partial charge in [-0.05, 0) is 44.9 Å². The van der Waals surface area contributed by atoms with Gasteiger partial charge in [0.15, 0.2) is 0 Å². The third-order valence-corrected chi connectivity index (χ3v) is 5.38. The molecule has 0 unspecified atom stereocenters. The third-order valence-electron chi connectivity index (χ3n) is 5.38. The van der Waals surface area contributed by atoms with Crippen LogP contribution < -0.4 is 20.7 Å². The summed E-state index contributed by atoms with van der Waals surface area (Å²) in [4.78, 5) is 38.5. The second kappa shape index (κ2) is 9.34. The Morgan fingerprint density at radius 3 is 2.73 bits per heavy atom. The number of likely N-dealkylation sites (N-methyl/N-ethyl adjacent to an activating group) is 1. The fourth-order valence-electron chi connectivity index (χ4n) is 3.84. The maximum atomic E-state index is 13.2. The molecule has 0 saturated carbocycles. The third kappa shape index (κ3) is 5.02. The Labute approximate surface area is 176 Å². The number of urea groups is 1. The van der Waals surface area contributed by atoms with Crippen molar-refractivity contribution in [2.75, 3.05) is 26.0 Å². The molecule has 3 atom stereocenters. The van der Waals surface area contributed by atoms with Crippen molar-refractivity contribution < 1.29 is 23.9 Å². The van der Waals surface area contributed by atoms with Crippen LogP contribution in [0.2, 0.25) is 0 Å². The van der Waals surface area contributed by atoms with E-state index in [2.05, 4.69) is 16.0 Å². The van der Waals surface area contributed by atoms with Gasteiger partial charge >= 0.3 is 6.03 Å². The molecule has 9 heteroatoms. The molecule has 2 aliphatic heterocycles. The Bertz CT molecular complexity index is 813. The molecule has 0 aliphatic carbocycles. The molecule has 1 aromatic carbocycles. The van der Waals surface area contributed by atoms with Gasteiger partial charge in [0.1, 0.15) is 18.5 Å². The van der Waals surface area contributed by atoms with Crippen LogP contribution in [0.3, 0.4) is 0 Å². The van der Waals surface area contributed by atoms with Gasteiger partial charge < -0.3 is 30.3 Å². The van der Waals surface area contributed by atoms with E-state index < -0.39 is 0 Å². The number of amides is 4. The lowest BCUT2D eigenvalue weighted by Crippen LogP contribution is -2.53. The van der Waals surface area contributed by atoms with Gasteiger partial charge in [0.05, 0.1) is 24.1 Å². The van der Waals surface area contributed by atoms with Crippen LogP contribution in [0.1, 0.15) is 43.5 Å². The Balaban J connectivity index is 1.76. The topological polar surface area (TPSA) is 109 Å². The van der Waals surface area contributed by atoms with E-state index >= 15 is 0 Å². The SMILES string of the molecule is CNC(=O)C[C@H]1CC[C@@H]2[C@H](COc3ccc(NC(=O)NC(C)C)cc3C(=O)N2C)O1. The van der Waals surface area contributed by atoms with Gasteiger partial charge in [0.2, 0.25) is 5.91 Å². The molecule has 2 heterocycles. The van der Waals surface area contributed by atoms with Crippen molar-refractivity contribution in [3.05, 3.63) is 23.8 Å². The molecule has 1 fully saturated rings. The molecule has 3 N–H and O–H groups in total.